The van der Waals surface area contributed by atoms with Crippen LogP contribution in [0.2, 0.25) is 0 Å². The maximum atomic E-state index is 9.52. The highest BCUT2D eigenvalue weighted by molar-refractivity contribution is 5.81. The van der Waals surface area contributed by atoms with Gasteiger partial charge in [0.15, 0.2) is 23.5 Å². The Kier molecular flexibility index (Phi) is 2.89. The Labute approximate surface area is 126 Å². The van der Waals surface area contributed by atoms with Crippen molar-refractivity contribution in [2.45, 2.75) is 44.2 Å². The second-order valence-electron chi connectivity index (χ2n) is 5.90. The van der Waals surface area contributed by atoms with Crippen molar-refractivity contribution in [2.75, 3.05) is 12.3 Å². The summed E-state index contributed by atoms with van der Waals surface area (Å²) < 4.78 is 19.4. The van der Waals surface area contributed by atoms with Crippen molar-refractivity contribution < 1.29 is 19.3 Å². The van der Waals surface area contributed by atoms with Gasteiger partial charge in [0.1, 0.15) is 30.2 Å². The van der Waals surface area contributed by atoms with Crippen LogP contribution in [0.3, 0.4) is 0 Å². The molecule has 9 heteroatoms. The number of rotatable bonds is 2. The summed E-state index contributed by atoms with van der Waals surface area (Å²) in [6, 6.07) is 0. The van der Waals surface area contributed by atoms with Gasteiger partial charge in [-0.05, 0) is 13.8 Å². The van der Waals surface area contributed by atoms with Gasteiger partial charge < -0.3 is 25.1 Å². The highest BCUT2D eigenvalue weighted by Crippen LogP contribution is 2.43. The molecule has 118 valence electrons. The normalized spacial score (nSPS) is 33.4. The first-order valence-corrected chi connectivity index (χ1v) is 7.05. The first kappa shape index (κ1) is 13.8. The smallest absolute Gasteiger partial charge is 0.167 e. The van der Waals surface area contributed by atoms with Gasteiger partial charge >= 0.3 is 0 Å². The van der Waals surface area contributed by atoms with Crippen LogP contribution < -0.4 is 5.73 Å². The summed E-state index contributed by atoms with van der Waals surface area (Å²) in [7, 11) is 0. The molecular formula is C13H17N5O4. The van der Waals surface area contributed by atoms with E-state index in [1.165, 1.54) is 6.33 Å². The number of aliphatic hydroxyl groups excluding tert-OH is 1. The average molecular weight is 307 g/mol. The Bertz CT molecular complexity index is 718. The molecule has 22 heavy (non-hydrogen) atoms. The predicted molar refractivity (Wildman–Crippen MR) is 74.6 cm³/mol. The number of nitrogens with two attached hydrogens (primary N) is 1. The molecular weight excluding hydrogens is 290 g/mol. The molecule has 2 fully saturated rings. The quantitative estimate of drug-likeness (QED) is 0.784. The minimum absolute atomic E-state index is 0.152. The zero-order valence-corrected chi connectivity index (χ0v) is 12.2. The lowest BCUT2D eigenvalue weighted by molar-refractivity contribution is -0.199. The van der Waals surface area contributed by atoms with E-state index < -0.39 is 18.1 Å². The molecule has 0 radical (unpaired) electrons. The van der Waals surface area contributed by atoms with Crippen molar-refractivity contribution in [2.24, 2.45) is 0 Å². The molecule has 2 aliphatic rings. The molecule has 2 saturated heterocycles. The first-order chi connectivity index (χ1) is 10.5. The van der Waals surface area contributed by atoms with Gasteiger partial charge in [0.2, 0.25) is 0 Å². The van der Waals surface area contributed by atoms with Gasteiger partial charge in [-0.25, -0.2) is 15.0 Å². The van der Waals surface area contributed by atoms with Crippen molar-refractivity contribution in [1.29, 1.82) is 0 Å². The van der Waals surface area contributed by atoms with E-state index >= 15 is 0 Å². The Morgan fingerprint density at radius 2 is 2.05 bits per heavy atom. The van der Waals surface area contributed by atoms with Crippen molar-refractivity contribution in [3.63, 3.8) is 0 Å². The Morgan fingerprint density at radius 3 is 2.82 bits per heavy atom. The number of nitrogens with zero attached hydrogens (tertiary/aromatic N) is 4. The number of fused-ring (bicyclic) bond motifs is 2. The monoisotopic (exact) mass is 307 g/mol. The van der Waals surface area contributed by atoms with E-state index in [9.17, 15) is 5.11 Å². The molecule has 2 aromatic rings. The van der Waals surface area contributed by atoms with Crippen molar-refractivity contribution in [3.05, 3.63) is 12.7 Å². The lowest BCUT2D eigenvalue weighted by atomic mass is 10.1. The standard InChI is InChI=1S/C13H17N5O4/c1-13(2)21-8-6(3-19)20-12(9(8)22-13)18-5-17-7-10(14)15-4-16-11(7)18/h4-6,8-9,12,19H,3H2,1-2H3,(H2,14,15,16)/t6?,8-,9?,12?/m1/s1. The predicted octanol–water partition coefficient (Wildman–Crippen LogP) is -0.182. The summed E-state index contributed by atoms with van der Waals surface area (Å²) in [6.45, 7) is 3.52. The first-order valence-electron chi connectivity index (χ1n) is 7.05. The molecule has 0 aromatic carbocycles. The van der Waals surface area contributed by atoms with E-state index in [0.29, 0.717) is 17.0 Å². The van der Waals surface area contributed by atoms with Gasteiger partial charge in [-0.15, -0.1) is 0 Å². The van der Waals surface area contributed by atoms with Crippen LogP contribution in [0, 0.1) is 0 Å². The van der Waals surface area contributed by atoms with Crippen molar-refractivity contribution in [1.82, 2.24) is 19.5 Å². The van der Waals surface area contributed by atoms with E-state index in [2.05, 4.69) is 15.0 Å². The number of ether oxygens (including phenoxy) is 3. The minimum atomic E-state index is -0.727. The summed E-state index contributed by atoms with van der Waals surface area (Å²) in [5.41, 5.74) is 6.87. The molecule has 4 atom stereocenters. The third-order valence-corrected chi connectivity index (χ3v) is 3.97. The van der Waals surface area contributed by atoms with Gasteiger partial charge in [-0.3, -0.25) is 4.57 Å². The number of aliphatic hydroxyl groups is 1. The molecule has 3 N–H and O–H groups in total. The van der Waals surface area contributed by atoms with Crippen molar-refractivity contribution in [3.8, 4) is 0 Å². The lowest BCUT2D eigenvalue weighted by Gasteiger charge is -2.24. The van der Waals surface area contributed by atoms with Crippen LogP contribution in [-0.2, 0) is 14.2 Å². The van der Waals surface area contributed by atoms with Gasteiger partial charge in [0, 0.05) is 0 Å². The van der Waals surface area contributed by atoms with Crippen LogP contribution in [0.5, 0.6) is 0 Å². The molecule has 3 unspecified atom stereocenters. The van der Waals surface area contributed by atoms with Gasteiger partial charge in [0.25, 0.3) is 0 Å². The van der Waals surface area contributed by atoms with Gasteiger partial charge in [-0.1, -0.05) is 0 Å². The Balaban J connectivity index is 1.77. The minimum Gasteiger partial charge on any atom is -0.394 e. The topological polar surface area (TPSA) is 118 Å². The molecule has 4 rings (SSSR count). The fraction of sp³-hybridized carbons (Fsp3) is 0.615. The second kappa shape index (κ2) is 4.59. The van der Waals surface area contributed by atoms with E-state index in [1.54, 1.807) is 10.9 Å². The highest BCUT2D eigenvalue weighted by Gasteiger charge is 2.55. The number of hydrogen-bond donors (Lipinski definition) is 2. The summed E-state index contributed by atoms with van der Waals surface area (Å²) in [5, 5.41) is 9.52. The van der Waals surface area contributed by atoms with Crippen LogP contribution in [0.1, 0.15) is 20.1 Å². The number of imidazole rings is 1. The maximum absolute atomic E-state index is 9.52. The van der Waals surface area contributed by atoms with Crippen LogP contribution >= 0.6 is 0 Å². The van der Waals surface area contributed by atoms with E-state index in [-0.39, 0.29) is 18.8 Å². The third-order valence-electron chi connectivity index (χ3n) is 3.97. The van der Waals surface area contributed by atoms with Gasteiger partial charge in [0.05, 0.1) is 12.9 Å². The number of anilines is 1. The van der Waals surface area contributed by atoms with Crippen molar-refractivity contribution >= 4 is 17.0 Å². The molecule has 0 amide bonds. The van der Waals surface area contributed by atoms with E-state index in [4.69, 9.17) is 19.9 Å². The van der Waals surface area contributed by atoms with Crippen LogP contribution in [0.15, 0.2) is 12.7 Å². The molecule has 0 saturated carbocycles. The number of nitrogen functional groups attached to an aromatic ring is 1. The van der Waals surface area contributed by atoms with E-state index in [1.807, 2.05) is 13.8 Å². The summed E-state index contributed by atoms with van der Waals surface area (Å²) in [6.07, 6.45) is 1.30. The number of hydrogen-bond acceptors (Lipinski definition) is 8. The summed E-state index contributed by atoms with van der Waals surface area (Å²) in [5.74, 6) is -0.421. The molecule has 9 nitrogen and oxygen atoms in total. The zero-order chi connectivity index (χ0) is 15.5. The molecule has 2 aromatic heterocycles. The SMILES string of the molecule is CC1(C)OC2C(n3cnc4c(N)ncnc43)OC(CO)[C@H]2O1. The average Bonchev–Trinajstić information content (AvgIpc) is 3.10. The lowest BCUT2D eigenvalue weighted by Crippen LogP contribution is -2.31. The zero-order valence-electron chi connectivity index (χ0n) is 12.2. The maximum Gasteiger partial charge on any atom is 0.167 e. The Hall–Kier alpha value is -1.81. The molecule has 4 heterocycles. The fourth-order valence-corrected chi connectivity index (χ4v) is 3.09. The number of aromatic nitrogens is 4. The molecule has 0 bridgehead atoms. The van der Waals surface area contributed by atoms with E-state index in [0.717, 1.165) is 0 Å². The molecule has 0 aliphatic carbocycles. The Morgan fingerprint density at radius 1 is 1.27 bits per heavy atom. The largest absolute Gasteiger partial charge is 0.394 e. The molecule has 2 aliphatic heterocycles. The molecule has 0 spiro atoms. The highest BCUT2D eigenvalue weighted by atomic mass is 16.8. The van der Waals surface area contributed by atoms with Crippen LogP contribution in [0.25, 0.3) is 11.2 Å². The van der Waals surface area contributed by atoms with Crippen LogP contribution in [-0.4, -0.2) is 55.3 Å². The summed E-state index contributed by atoms with van der Waals surface area (Å²) in [4.78, 5) is 12.4. The van der Waals surface area contributed by atoms with Gasteiger partial charge in [-0.2, -0.15) is 0 Å². The second-order valence-corrected chi connectivity index (χ2v) is 5.90. The third kappa shape index (κ3) is 1.90. The van der Waals surface area contributed by atoms with Crippen LogP contribution in [0.4, 0.5) is 5.82 Å². The fourth-order valence-electron chi connectivity index (χ4n) is 3.09. The summed E-state index contributed by atoms with van der Waals surface area (Å²) >= 11 is 0.